The van der Waals surface area contributed by atoms with Gasteiger partial charge in [0, 0.05) is 24.9 Å². The number of hydrogen-bond donors (Lipinski definition) is 1. The molecule has 2 aliphatic rings. The number of nitrogens with one attached hydrogen (secondary N) is 1. The highest BCUT2D eigenvalue weighted by molar-refractivity contribution is 5.94. The minimum Gasteiger partial charge on any atom is -0.375 e. The van der Waals surface area contributed by atoms with Gasteiger partial charge in [0.15, 0.2) is 5.82 Å². The van der Waals surface area contributed by atoms with Gasteiger partial charge >= 0.3 is 0 Å². The summed E-state index contributed by atoms with van der Waals surface area (Å²) in [6, 6.07) is 0. The van der Waals surface area contributed by atoms with Crippen LogP contribution in [0.3, 0.4) is 0 Å². The molecule has 98 valence electrons. The predicted octanol–water partition coefficient (Wildman–Crippen LogP) is 2.72. The summed E-state index contributed by atoms with van der Waals surface area (Å²) in [5.41, 5.74) is -0.0105. The quantitative estimate of drug-likeness (QED) is 0.819. The number of ether oxygens (including phenoxy) is 1. The van der Waals surface area contributed by atoms with Crippen molar-refractivity contribution in [1.82, 2.24) is 9.97 Å². The normalized spacial score (nSPS) is 27.2. The molecule has 1 aliphatic heterocycles. The maximum Gasteiger partial charge on any atom is 0.201 e. The van der Waals surface area contributed by atoms with E-state index in [1.54, 1.807) is 12.4 Å². The van der Waals surface area contributed by atoms with Crippen LogP contribution in [0, 0.1) is 5.92 Å². The predicted molar refractivity (Wildman–Crippen MR) is 67.4 cm³/mol. The van der Waals surface area contributed by atoms with Crippen LogP contribution in [0.2, 0.25) is 0 Å². The van der Waals surface area contributed by atoms with Crippen molar-refractivity contribution in [2.75, 3.05) is 6.61 Å². The second-order valence-corrected chi connectivity index (χ2v) is 5.58. The molecule has 1 saturated carbocycles. The first-order valence-corrected chi connectivity index (χ1v) is 6.97. The number of carbonyl (C=O) groups excluding carboxylic acids is 1. The minimum atomic E-state index is -0.0105. The van der Waals surface area contributed by atoms with Crippen molar-refractivity contribution in [1.29, 1.82) is 0 Å². The molecule has 1 atom stereocenters. The Labute approximate surface area is 107 Å². The first kappa shape index (κ1) is 11.9. The molecule has 1 aromatic rings. The third kappa shape index (κ3) is 2.21. The summed E-state index contributed by atoms with van der Waals surface area (Å²) in [5, 5.41) is 0. The molecule has 4 nitrogen and oxygen atoms in total. The van der Waals surface area contributed by atoms with Gasteiger partial charge in [0.05, 0.1) is 5.60 Å². The lowest BCUT2D eigenvalue weighted by molar-refractivity contribution is -0.111. The molecule has 4 heteroatoms. The second kappa shape index (κ2) is 4.84. The van der Waals surface area contributed by atoms with Crippen molar-refractivity contribution in [3.8, 4) is 0 Å². The third-order valence-corrected chi connectivity index (χ3v) is 4.36. The van der Waals surface area contributed by atoms with Gasteiger partial charge in [-0.3, -0.25) is 4.79 Å². The van der Waals surface area contributed by atoms with Crippen molar-refractivity contribution in [3.63, 3.8) is 0 Å². The standard InChI is InChI=1S/C14H20N2O2/c17-12(13-15-7-8-16-13)11-4-9-18-14(10-11)5-2-1-3-6-14/h7-8,11H,1-6,9-10H2,(H,15,16). The first-order valence-electron chi connectivity index (χ1n) is 6.97. The Bertz CT molecular complexity index is 402. The number of rotatable bonds is 2. The van der Waals surface area contributed by atoms with Gasteiger partial charge in [-0.2, -0.15) is 0 Å². The van der Waals surface area contributed by atoms with Crippen molar-refractivity contribution in [2.24, 2.45) is 5.92 Å². The summed E-state index contributed by atoms with van der Waals surface area (Å²) in [7, 11) is 0. The molecule has 0 amide bonds. The average molecular weight is 248 g/mol. The number of nitrogens with zero attached hydrogens (tertiary/aromatic N) is 1. The summed E-state index contributed by atoms with van der Waals surface area (Å²) in [6.07, 6.45) is 11.1. The third-order valence-electron chi connectivity index (χ3n) is 4.36. The number of aromatic nitrogens is 2. The van der Waals surface area contributed by atoms with Crippen LogP contribution < -0.4 is 0 Å². The van der Waals surface area contributed by atoms with Gasteiger partial charge in [-0.05, 0) is 25.7 Å². The van der Waals surface area contributed by atoms with E-state index in [1.165, 1.54) is 19.3 Å². The number of carbonyl (C=O) groups is 1. The highest BCUT2D eigenvalue weighted by atomic mass is 16.5. The number of H-pyrrole nitrogens is 1. The molecule has 1 aromatic heterocycles. The van der Waals surface area contributed by atoms with Gasteiger partial charge < -0.3 is 9.72 Å². The molecule has 1 N–H and O–H groups in total. The molecule has 0 aromatic carbocycles. The van der Waals surface area contributed by atoms with E-state index in [0.717, 1.165) is 32.3 Å². The van der Waals surface area contributed by atoms with E-state index in [0.29, 0.717) is 5.82 Å². The highest BCUT2D eigenvalue weighted by Gasteiger charge is 2.41. The smallest absolute Gasteiger partial charge is 0.201 e. The average Bonchev–Trinajstić information content (AvgIpc) is 2.93. The summed E-state index contributed by atoms with van der Waals surface area (Å²) < 4.78 is 6.02. The van der Waals surface area contributed by atoms with Crippen LogP contribution in [0.4, 0.5) is 0 Å². The van der Waals surface area contributed by atoms with E-state index in [-0.39, 0.29) is 17.3 Å². The van der Waals surface area contributed by atoms with Gasteiger partial charge in [-0.1, -0.05) is 19.3 Å². The van der Waals surface area contributed by atoms with Crippen LogP contribution in [-0.4, -0.2) is 28.0 Å². The molecule has 0 radical (unpaired) electrons. The Balaban J connectivity index is 1.72. The van der Waals surface area contributed by atoms with Crippen LogP contribution in [0.15, 0.2) is 12.4 Å². The Hall–Kier alpha value is -1.16. The molecular formula is C14H20N2O2. The van der Waals surface area contributed by atoms with Gasteiger partial charge in [0.2, 0.25) is 5.78 Å². The van der Waals surface area contributed by atoms with Gasteiger partial charge in [-0.15, -0.1) is 0 Å². The number of ketones is 1. The zero-order valence-electron chi connectivity index (χ0n) is 10.7. The van der Waals surface area contributed by atoms with E-state index >= 15 is 0 Å². The zero-order valence-corrected chi connectivity index (χ0v) is 10.7. The Morgan fingerprint density at radius 3 is 2.94 bits per heavy atom. The fourth-order valence-corrected chi connectivity index (χ4v) is 3.39. The number of hydrogen-bond acceptors (Lipinski definition) is 3. The van der Waals surface area contributed by atoms with Crippen LogP contribution in [0.25, 0.3) is 0 Å². The van der Waals surface area contributed by atoms with Crippen molar-refractivity contribution >= 4 is 5.78 Å². The molecule has 0 bridgehead atoms. The maximum atomic E-state index is 12.3. The summed E-state index contributed by atoms with van der Waals surface area (Å²) in [4.78, 5) is 19.3. The fourth-order valence-electron chi connectivity index (χ4n) is 3.39. The largest absolute Gasteiger partial charge is 0.375 e. The molecule has 3 rings (SSSR count). The van der Waals surface area contributed by atoms with Gasteiger partial charge in [0.1, 0.15) is 0 Å². The zero-order chi connectivity index (χ0) is 12.4. The first-order chi connectivity index (χ1) is 8.79. The lowest BCUT2D eigenvalue weighted by atomic mass is 9.75. The van der Waals surface area contributed by atoms with Crippen LogP contribution in [-0.2, 0) is 4.74 Å². The fraction of sp³-hybridized carbons (Fsp3) is 0.714. The van der Waals surface area contributed by atoms with Crippen molar-refractivity contribution < 1.29 is 9.53 Å². The van der Waals surface area contributed by atoms with E-state index in [2.05, 4.69) is 9.97 Å². The monoisotopic (exact) mass is 248 g/mol. The molecular weight excluding hydrogens is 228 g/mol. The lowest BCUT2D eigenvalue weighted by Crippen LogP contribution is -2.43. The Kier molecular flexibility index (Phi) is 3.20. The van der Waals surface area contributed by atoms with E-state index in [9.17, 15) is 4.79 Å². The van der Waals surface area contributed by atoms with Crippen LogP contribution >= 0.6 is 0 Å². The highest BCUT2D eigenvalue weighted by Crippen LogP contribution is 2.41. The van der Waals surface area contributed by atoms with Gasteiger partial charge in [0.25, 0.3) is 0 Å². The Morgan fingerprint density at radius 2 is 2.22 bits per heavy atom. The summed E-state index contributed by atoms with van der Waals surface area (Å²) in [6.45, 7) is 0.719. The molecule has 1 unspecified atom stereocenters. The molecule has 1 aliphatic carbocycles. The van der Waals surface area contributed by atoms with E-state index in [4.69, 9.17) is 4.74 Å². The molecule has 18 heavy (non-hydrogen) atoms. The molecule has 2 heterocycles. The summed E-state index contributed by atoms with van der Waals surface area (Å²) in [5.74, 6) is 0.754. The van der Waals surface area contributed by atoms with Gasteiger partial charge in [-0.25, -0.2) is 4.98 Å². The SMILES string of the molecule is O=C(c1ncc[nH]1)C1CCOC2(CCCCC2)C1. The molecule has 1 saturated heterocycles. The van der Waals surface area contributed by atoms with E-state index in [1.807, 2.05) is 0 Å². The van der Waals surface area contributed by atoms with E-state index < -0.39 is 0 Å². The number of imidazole rings is 1. The minimum absolute atomic E-state index is 0.0105. The molecule has 2 fully saturated rings. The topological polar surface area (TPSA) is 55.0 Å². The maximum absolute atomic E-state index is 12.3. The number of Topliss-reactive ketones (excluding diaryl/α,β-unsaturated/α-hetero) is 1. The van der Waals surface area contributed by atoms with Crippen LogP contribution in [0.5, 0.6) is 0 Å². The molecule has 1 spiro atoms. The summed E-state index contributed by atoms with van der Waals surface area (Å²) >= 11 is 0. The Morgan fingerprint density at radius 1 is 1.39 bits per heavy atom. The second-order valence-electron chi connectivity index (χ2n) is 5.58. The van der Waals surface area contributed by atoms with Crippen LogP contribution in [0.1, 0.15) is 55.6 Å². The van der Waals surface area contributed by atoms with Crippen molar-refractivity contribution in [3.05, 3.63) is 18.2 Å². The lowest BCUT2D eigenvalue weighted by Gasteiger charge is -2.43. The van der Waals surface area contributed by atoms with Crippen molar-refractivity contribution in [2.45, 2.75) is 50.5 Å². The number of aromatic amines is 1.